The third kappa shape index (κ3) is 4.02. The summed E-state index contributed by atoms with van der Waals surface area (Å²) in [6, 6.07) is 5.27. The van der Waals surface area contributed by atoms with Crippen LogP contribution in [0.5, 0.6) is 5.75 Å². The average Bonchev–Trinajstić information content (AvgIpc) is 2.39. The summed E-state index contributed by atoms with van der Waals surface area (Å²) in [6.07, 6.45) is 3.63. The van der Waals surface area contributed by atoms with Crippen LogP contribution < -0.4 is 10.5 Å². The first-order valence-electron chi connectivity index (χ1n) is 6.49. The highest BCUT2D eigenvalue weighted by molar-refractivity contribution is 6.01. The topological polar surface area (TPSA) is 55.6 Å². The Morgan fingerprint density at radius 1 is 1.53 bits per heavy atom. The predicted molar refractivity (Wildman–Crippen MR) is 78.4 cm³/mol. The molecule has 0 bridgehead atoms. The van der Waals surface area contributed by atoms with Gasteiger partial charge in [-0.15, -0.1) is 6.58 Å². The van der Waals surface area contributed by atoms with E-state index >= 15 is 0 Å². The van der Waals surface area contributed by atoms with E-state index in [0.717, 1.165) is 12.8 Å². The lowest BCUT2D eigenvalue weighted by molar-refractivity contribution is 0.0791. The molecule has 0 saturated heterocycles. The van der Waals surface area contributed by atoms with E-state index in [9.17, 15) is 4.79 Å². The van der Waals surface area contributed by atoms with E-state index in [2.05, 4.69) is 6.58 Å². The van der Waals surface area contributed by atoms with E-state index in [1.54, 1.807) is 30.1 Å². The number of hydrogen-bond donors (Lipinski definition) is 1. The molecule has 0 aromatic heterocycles. The molecule has 0 saturated carbocycles. The maximum Gasteiger partial charge on any atom is 0.259 e. The first-order chi connectivity index (χ1) is 9.11. The summed E-state index contributed by atoms with van der Waals surface area (Å²) < 4.78 is 5.47. The maximum atomic E-state index is 12.4. The number of carbonyl (C=O) groups excluding carboxylic acids is 1. The second kappa shape index (κ2) is 7.46. The Kier molecular flexibility index (Phi) is 5.93. The van der Waals surface area contributed by atoms with Gasteiger partial charge in [-0.25, -0.2) is 0 Å². The third-order valence-electron chi connectivity index (χ3n) is 2.82. The summed E-state index contributed by atoms with van der Waals surface area (Å²) in [5.41, 5.74) is 6.80. The van der Waals surface area contributed by atoms with Crippen LogP contribution in [-0.2, 0) is 0 Å². The molecule has 0 unspecified atom stereocenters. The monoisotopic (exact) mass is 262 g/mol. The summed E-state index contributed by atoms with van der Waals surface area (Å²) in [5.74, 6) is 0.439. The van der Waals surface area contributed by atoms with Gasteiger partial charge in [0.2, 0.25) is 0 Å². The molecule has 1 aromatic rings. The zero-order chi connectivity index (χ0) is 14.3. The van der Waals surface area contributed by atoms with Crippen LogP contribution in [0, 0.1) is 0 Å². The summed E-state index contributed by atoms with van der Waals surface area (Å²) in [7, 11) is 1.77. The van der Waals surface area contributed by atoms with Crippen LogP contribution >= 0.6 is 0 Å². The van der Waals surface area contributed by atoms with Crippen molar-refractivity contribution >= 4 is 11.6 Å². The molecule has 0 fully saturated rings. The maximum absolute atomic E-state index is 12.4. The first-order valence-corrected chi connectivity index (χ1v) is 6.49. The molecule has 1 rings (SSSR count). The van der Waals surface area contributed by atoms with Crippen LogP contribution in [0.3, 0.4) is 0 Å². The summed E-state index contributed by atoms with van der Waals surface area (Å²) in [4.78, 5) is 14.1. The van der Waals surface area contributed by atoms with Gasteiger partial charge in [0.05, 0.1) is 6.61 Å². The second-order valence-corrected chi connectivity index (χ2v) is 4.31. The van der Waals surface area contributed by atoms with Crippen molar-refractivity contribution in [3.8, 4) is 5.75 Å². The number of unbranched alkanes of at least 4 members (excludes halogenated alkanes) is 1. The summed E-state index contributed by atoms with van der Waals surface area (Å²) in [5, 5.41) is 0. The van der Waals surface area contributed by atoms with Crippen molar-refractivity contribution in [3.63, 3.8) is 0 Å². The van der Waals surface area contributed by atoms with Gasteiger partial charge in [0.1, 0.15) is 11.3 Å². The lowest BCUT2D eigenvalue weighted by atomic mass is 10.1. The van der Waals surface area contributed by atoms with Crippen LogP contribution in [0.1, 0.15) is 30.1 Å². The van der Waals surface area contributed by atoms with Gasteiger partial charge in [-0.3, -0.25) is 4.79 Å². The van der Waals surface area contributed by atoms with Crippen LogP contribution in [0.2, 0.25) is 0 Å². The predicted octanol–water partition coefficient (Wildman–Crippen LogP) is 2.71. The number of nitrogens with zero attached hydrogens (tertiary/aromatic N) is 1. The van der Waals surface area contributed by atoms with Gasteiger partial charge in [0, 0.05) is 19.3 Å². The van der Waals surface area contributed by atoms with Crippen molar-refractivity contribution in [1.82, 2.24) is 4.90 Å². The van der Waals surface area contributed by atoms with Gasteiger partial charge >= 0.3 is 0 Å². The zero-order valence-electron chi connectivity index (χ0n) is 11.7. The van der Waals surface area contributed by atoms with E-state index in [1.165, 1.54) is 0 Å². The smallest absolute Gasteiger partial charge is 0.259 e. The van der Waals surface area contributed by atoms with Crippen molar-refractivity contribution < 1.29 is 9.53 Å². The summed E-state index contributed by atoms with van der Waals surface area (Å²) in [6.45, 7) is 6.73. The molecule has 2 N–H and O–H groups in total. The van der Waals surface area contributed by atoms with E-state index in [4.69, 9.17) is 10.5 Å². The molecular formula is C15H22N2O2. The minimum absolute atomic E-state index is 0.106. The van der Waals surface area contributed by atoms with Crippen LogP contribution in [0.4, 0.5) is 5.69 Å². The highest BCUT2D eigenvalue weighted by Gasteiger charge is 2.19. The minimum atomic E-state index is -0.106. The number of allylic oxidation sites excluding steroid dienone is 1. The van der Waals surface area contributed by atoms with Gasteiger partial charge < -0.3 is 15.4 Å². The second-order valence-electron chi connectivity index (χ2n) is 4.31. The van der Waals surface area contributed by atoms with E-state index < -0.39 is 0 Å². The Hall–Kier alpha value is -1.97. The Balaban J connectivity index is 2.88. The number of carbonyl (C=O) groups is 1. The van der Waals surface area contributed by atoms with Crippen LogP contribution in [0.15, 0.2) is 30.9 Å². The van der Waals surface area contributed by atoms with Gasteiger partial charge in [-0.2, -0.15) is 0 Å². The van der Waals surface area contributed by atoms with Gasteiger partial charge in [-0.1, -0.05) is 12.1 Å². The number of ether oxygens (including phenoxy) is 1. The lowest BCUT2D eigenvalue weighted by Gasteiger charge is -2.19. The number of nitrogens with two attached hydrogens (primary N) is 1. The van der Waals surface area contributed by atoms with Crippen LogP contribution in [-0.4, -0.2) is 31.0 Å². The van der Waals surface area contributed by atoms with Crippen molar-refractivity contribution in [1.29, 1.82) is 0 Å². The van der Waals surface area contributed by atoms with Crippen molar-refractivity contribution in [2.75, 3.05) is 25.9 Å². The average molecular weight is 262 g/mol. The van der Waals surface area contributed by atoms with Crippen molar-refractivity contribution in [2.45, 2.75) is 19.8 Å². The number of hydrogen-bond acceptors (Lipinski definition) is 3. The van der Waals surface area contributed by atoms with Gasteiger partial charge in [-0.05, 0) is 31.9 Å². The SMILES string of the molecule is C=CCCCN(C)C(=O)c1c(N)cccc1OCC. The molecule has 0 aliphatic heterocycles. The fourth-order valence-corrected chi connectivity index (χ4v) is 1.82. The van der Waals surface area contributed by atoms with Gasteiger partial charge in [0.15, 0.2) is 0 Å². The summed E-state index contributed by atoms with van der Waals surface area (Å²) >= 11 is 0. The normalized spacial score (nSPS) is 10.0. The van der Waals surface area contributed by atoms with E-state index in [-0.39, 0.29) is 5.91 Å². The number of rotatable bonds is 7. The molecule has 0 radical (unpaired) electrons. The molecule has 0 aliphatic rings. The third-order valence-corrected chi connectivity index (χ3v) is 2.82. The number of benzene rings is 1. The Labute approximate surface area is 114 Å². The number of amides is 1. The highest BCUT2D eigenvalue weighted by atomic mass is 16.5. The number of nitrogen functional groups attached to an aromatic ring is 1. The lowest BCUT2D eigenvalue weighted by Crippen LogP contribution is -2.29. The molecule has 0 spiro atoms. The molecule has 1 aromatic carbocycles. The largest absolute Gasteiger partial charge is 0.493 e. The standard InChI is InChI=1S/C15H22N2O2/c1-4-6-7-11-17(3)15(18)14-12(16)9-8-10-13(14)19-5-2/h4,8-10H,1,5-7,11,16H2,2-3H3. The molecule has 0 atom stereocenters. The van der Waals surface area contributed by atoms with Crippen molar-refractivity contribution in [3.05, 3.63) is 36.4 Å². The molecule has 19 heavy (non-hydrogen) atoms. The van der Waals surface area contributed by atoms with Crippen LogP contribution in [0.25, 0.3) is 0 Å². The Morgan fingerprint density at radius 2 is 2.26 bits per heavy atom. The minimum Gasteiger partial charge on any atom is -0.493 e. The Bertz CT molecular complexity index is 444. The first kappa shape index (κ1) is 15.1. The molecule has 0 aliphatic carbocycles. The molecule has 104 valence electrons. The quantitative estimate of drug-likeness (QED) is 0.467. The Morgan fingerprint density at radius 3 is 2.89 bits per heavy atom. The molecule has 0 heterocycles. The molecule has 4 heteroatoms. The molecule has 4 nitrogen and oxygen atoms in total. The highest BCUT2D eigenvalue weighted by Crippen LogP contribution is 2.25. The fraction of sp³-hybridized carbons (Fsp3) is 0.400. The zero-order valence-corrected chi connectivity index (χ0v) is 11.7. The van der Waals surface area contributed by atoms with E-state index in [1.807, 2.05) is 13.0 Å². The fourth-order valence-electron chi connectivity index (χ4n) is 1.82. The molecule has 1 amide bonds. The molecular weight excluding hydrogens is 240 g/mol. The van der Waals surface area contributed by atoms with Crippen molar-refractivity contribution in [2.24, 2.45) is 0 Å². The van der Waals surface area contributed by atoms with Gasteiger partial charge in [0.25, 0.3) is 5.91 Å². The van der Waals surface area contributed by atoms with E-state index in [0.29, 0.717) is 30.2 Å². The number of anilines is 1.